The van der Waals surface area contributed by atoms with E-state index < -0.39 is 9.53 Å². The monoisotopic (exact) mass is 239 g/mol. The van der Waals surface area contributed by atoms with Gasteiger partial charge in [-0.2, -0.15) is 0 Å². The molecule has 5 heteroatoms. The van der Waals surface area contributed by atoms with E-state index in [9.17, 15) is 0 Å². The Balaban J connectivity index is -0.000000249. The maximum atomic E-state index is 5.22. The fraction of sp³-hybridized carbons (Fsp3) is 1.00. The molecule has 0 bridgehead atoms. The predicted octanol–water partition coefficient (Wildman–Crippen LogP) is 1.80. The highest BCUT2D eigenvalue weighted by molar-refractivity contribution is 6.36. The Bertz CT molecular complexity index is 80.5. The minimum absolute atomic E-state index is 0. The first-order valence-electron chi connectivity index (χ1n) is 5.31. The van der Waals surface area contributed by atoms with E-state index in [0.717, 1.165) is 13.0 Å². The van der Waals surface area contributed by atoms with Gasteiger partial charge in [-0.25, -0.2) is 0 Å². The molecule has 0 aromatic heterocycles. The van der Waals surface area contributed by atoms with Crippen LogP contribution in [0.2, 0.25) is 0 Å². The maximum absolute atomic E-state index is 5.22. The van der Waals surface area contributed by atoms with Crippen LogP contribution in [0.4, 0.5) is 0 Å². The lowest BCUT2D eigenvalue weighted by Crippen LogP contribution is -2.27. The average Bonchev–Trinajstić information content (AvgIpc) is 2.20. The predicted molar refractivity (Wildman–Crippen MR) is 68.1 cm³/mol. The lowest BCUT2D eigenvalue weighted by Gasteiger charge is -2.12. The van der Waals surface area contributed by atoms with Crippen LogP contribution in [0.5, 0.6) is 0 Å². The first-order valence-corrected chi connectivity index (χ1v) is 6.72. The van der Waals surface area contributed by atoms with Gasteiger partial charge >= 0.3 is 9.53 Å². The third-order valence-electron chi connectivity index (χ3n) is 1.20. The number of nitrogens with two attached hydrogens (primary N) is 1. The van der Waals surface area contributed by atoms with Crippen LogP contribution in [0.25, 0.3) is 0 Å². The summed E-state index contributed by atoms with van der Waals surface area (Å²) in [4.78, 5) is 0. The van der Waals surface area contributed by atoms with Crippen molar-refractivity contribution in [2.75, 3.05) is 26.4 Å². The second kappa shape index (κ2) is 19.6. The summed E-state index contributed by atoms with van der Waals surface area (Å²) in [5.41, 5.74) is 5.03. The highest BCUT2D eigenvalue weighted by Gasteiger charge is 2.11. The van der Waals surface area contributed by atoms with E-state index in [-0.39, 0.29) is 7.43 Å². The fourth-order valence-corrected chi connectivity index (χ4v) is 1.66. The van der Waals surface area contributed by atoms with E-state index >= 15 is 0 Å². The van der Waals surface area contributed by atoms with Crippen molar-refractivity contribution in [3.63, 3.8) is 0 Å². The normalized spacial score (nSPS) is 9.20. The minimum atomic E-state index is -1.73. The van der Waals surface area contributed by atoms with E-state index in [1.54, 1.807) is 0 Å². The Morgan fingerprint density at radius 1 is 0.867 bits per heavy atom. The number of rotatable bonds is 7. The molecule has 0 spiro atoms. The molecule has 0 heterocycles. The molecule has 0 radical (unpaired) electrons. The molecule has 15 heavy (non-hydrogen) atoms. The molecule has 0 aromatic rings. The zero-order valence-electron chi connectivity index (χ0n) is 9.91. The second-order valence-corrected chi connectivity index (χ2v) is 4.02. The standard InChI is InChI=1S/C6H16O3Si.C3H9N.CH4/c1-4-7-10(8-5-2)9-6-3;1-2-3-4;/h10H,4-6H2,1-3H3;2-4H2,1H3;1H4. The molecule has 2 N–H and O–H groups in total. The van der Waals surface area contributed by atoms with Crippen molar-refractivity contribution in [2.24, 2.45) is 5.73 Å². The van der Waals surface area contributed by atoms with Gasteiger partial charge in [0, 0.05) is 19.8 Å². The van der Waals surface area contributed by atoms with Gasteiger partial charge in [0.2, 0.25) is 0 Å². The van der Waals surface area contributed by atoms with Crippen molar-refractivity contribution in [2.45, 2.75) is 41.5 Å². The summed E-state index contributed by atoms with van der Waals surface area (Å²) < 4.78 is 15.7. The SMILES string of the molecule is C.CCCN.CCO[SiH](OCC)OCC. The van der Waals surface area contributed by atoms with Gasteiger partial charge in [0.15, 0.2) is 0 Å². The van der Waals surface area contributed by atoms with Gasteiger partial charge in [0.25, 0.3) is 0 Å². The lowest BCUT2D eigenvalue weighted by atomic mass is 10.5. The highest BCUT2D eigenvalue weighted by Crippen LogP contribution is 1.90. The molecular formula is C10H29NO3Si. The molecule has 0 saturated heterocycles. The maximum Gasteiger partial charge on any atom is 0.484 e. The Hall–Kier alpha value is 0.0569. The van der Waals surface area contributed by atoms with E-state index in [4.69, 9.17) is 19.0 Å². The largest absolute Gasteiger partial charge is 0.484 e. The summed E-state index contributed by atoms with van der Waals surface area (Å²) in [5.74, 6) is 0. The van der Waals surface area contributed by atoms with Crippen molar-refractivity contribution in [3.8, 4) is 0 Å². The van der Waals surface area contributed by atoms with Crippen LogP contribution < -0.4 is 5.73 Å². The first-order chi connectivity index (χ1) is 6.76. The van der Waals surface area contributed by atoms with Crippen LogP contribution in [0.15, 0.2) is 0 Å². The van der Waals surface area contributed by atoms with Crippen LogP contribution in [0, 0.1) is 0 Å². The van der Waals surface area contributed by atoms with Crippen molar-refractivity contribution in [1.82, 2.24) is 0 Å². The van der Waals surface area contributed by atoms with E-state index in [1.807, 2.05) is 20.8 Å². The van der Waals surface area contributed by atoms with Crippen LogP contribution in [0.1, 0.15) is 41.5 Å². The van der Waals surface area contributed by atoms with Crippen molar-refractivity contribution in [3.05, 3.63) is 0 Å². The first kappa shape index (κ1) is 20.5. The average molecular weight is 239 g/mol. The van der Waals surface area contributed by atoms with E-state index in [1.165, 1.54) is 0 Å². The summed E-state index contributed by atoms with van der Waals surface area (Å²) in [6.45, 7) is 10.7. The Kier molecular flexibility index (Phi) is 26.7. The molecule has 0 rings (SSSR count). The Morgan fingerprint density at radius 3 is 1.27 bits per heavy atom. The molecule has 0 amide bonds. The van der Waals surface area contributed by atoms with Crippen molar-refractivity contribution < 1.29 is 13.3 Å². The molecule has 0 aliphatic rings. The van der Waals surface area contributed by atoms with Gasteiger partial charge in [0.1, 0.15) is 0 Å². The molecule has 0 atom stereocenters. The third-order valence-corrected chi connectivity index (χ3v) is 3.01. The van der Waals surface area contributed by atoms with Gasteiger partial charge in [0.05, 0.1) is 0 Å². The smallest absolute Gasteiger partial charge is 0.376 e. The van der Waals surface area contributed by atoms with Crippen LogP contribution in [-0.2, 0) is 13.3 Å². The summed E-state index contributed by atoms with van der Waals surface area (Å²) >= 11 is 0. The molecule has 96 valence electrons. The van der Waals surface area contributed by atoms with Crippen molar-refractivity contribution in [1.29, 1.82) is 0 Å². The quantitative estimate of drug-likeness (QED) is 0.688. The molecule has 0 fully saturated rings. The lowest BCUT2D eigenvalue weighted by molar-refractivity contribution is 0.107. The zero-order valence-corrected chi connectivity index (χ0v) is 11.1. The van der Waals surface area contributed by atoms with Crippen LogP contribution in [0.3, 0.4) is 0 Å². The Labute approximate surface area is 97.1 Å². The minimum Gasteiger partial charge on any atom is -0.376 e. The van der Waals surface area contributed by atoms with Crippen LogP contribution >= 0.6 is 0 Å². The molecule has 0 aliphatic carbocycles. The molecule has 4 nitrogen and oxygen atoms in total. The van der Waals surface area contributed by atoms with Gasteiger partial charge in [-0.15, -0.1) is 0 Å². The fourth-order valence-electron chi connectivity index (χ4n) is 0.553. The Morgan fingerprint density at radius 2 is 1.13 bits per heavy atom. The number of hydrogen-bond acceptors (Lipinski definition) is 4. The van der Waals surface area contributed by atoms with Gasteiger partial charge < -0.3 is 19.0 Å². The van der Waals surface area contributed by atoms with Gasteiger partial charge in [-0.05, 0) is 33.7 Å². The van der Waals surface area contributed by atoms with E-state index in [2.05, 4.69) is 6.92 Å². The molecule has 0 unspecified atom stereocenters. The van der Waals surface area contributed by atoms with E-state index in [0.29, 0.717) is 19.8 Å². The van der Waals surface area contributed by atoms with Crippen LogP contribution in [-0.4, -0.2) is 35.9 Å². The molecule has 0 aliphatic heterocycles. The molecule has 0 saturated carbocycles. The summed E-state index contributed by atoms with van der Waals surface area (Å²) in [5, 5.41) is 0. The van der Waals surface area contributed by atoms with Crippen molar-refractivity contribution >= 4 is 9.53 Å². The zero-order chi connectivity index (χ0) is 11.2. The number of hydrogen-bond donors (Lipinski definition) is 1. The topological polar surface area (TPSA) is 53.7 Å². The van der Waals surface area contributed by atoms with Gasteiger partial charge in [-0.3, -0.25) is 0 Å². The molecule has 0 aromatic carbocycles. The summed E-state index contributed by atoms with van der Waals surface area (Å²) in [6, 6.07) is 0. The summed E-state index contributed by atoms with van der Waals surface area (Å²) in [6.07, 6.45) is 1.10. The van der Waals surface area contributed by atoms with Gasteiger partial charge in [-0.1, -0.05) is 14.4 Å². The third kappa shape index (κ3) is 20.2. The summed E-state index contributed by atoms with van der Waals surface area (Å²) in [7, 11) is -1.73. The molecular weight excluding hydrogens is 210 g/mol. The second-order valence-electron chi connectivity index (χ2n) is 2.44. The highest BCUT2D eigenvalue weighted by atomic mass is 28.3.